The first-order valence-corrected chi connectivity index (χ1v) is 7.44. The number of hydrogen-bond acceptors (Lipinski definition) is 3. The van der Waals surface area contributed by atoms with E-state index in [1.54, 1.807) is 18.2 Å². The summed E-state index contributed by atoms with van der Waals surface area (Å²) >= 11 is 0. The Bertz CT molecular complexity index is 468. The molecule has 0 bridgehead atoms. The van der Waals surface area contributed by atoms with Gasteiger partial charge in [0.05, 0.1) is 0 Å². The molecule has 1 aromatic rings. The summed E-state index contributed by atoms with van der Waals surface area (Å²) < 4.78 is 0. The van der Waals surface area contributed by atoms with Gasteiger partial charge in [0.1, 0.15) is 5.75 Å². The van der Waals surface area contributed by atoms with Gasteiger partial charge in [-0.1, -0.05) is 13.0 Å². The number of carbonyl (C=O) groups is 1. The molecule has 0 spiro atoms. The van der Waals surface area contributed by atoms with Crippen molar-refractivity contribution in [2.45, 2.75) is 39.2 Å². The van der Waals surface area contributed by atoms with Crippen LogP contribution >= 0.6 is 0 Å². The van der Waals surface area contributed by atoms with Crippen LogP contribution in [0.2, 0.25) is 0 Å². The summed E-state index contributed by atoms with van der Waals surface area (Å²) in [7, 11) is 0. The lowest BCUT2D eigenvalue weighted by molar-refractivity contribution is 0.0642. The fourth-order valence-electron chi connectivity index (χ4n) is 2.72. The van der Waals surface area contributed by atoms with Crippen molar-refractivity contribution in [2.24, 2.45) is 0 Å². The Labute approximate surface area is 120 Å². The molecule has 1 saturated heterocycles. The minimum atomic E-state index is 0.0362. The molecule has 1 fully saturated rings. The first kappa shape index (κ1) is 14.9. The number of nitrogens with one attached hydrogen (secondary N) is 1. The fraction of sp³-hybridized carbons (Fsp3) is 0.562. The molecule has 1 aromatic carbocycles. The standard InChI is InChI=1S/C16H24N2O2/c1-3-10-18(14-6-8-17-9-7-14)16(20)13-5-4-12(2)15(19)11-13/h4-5,11,14,17,19H,3,6-10H2,1-2H3. The largest absolute Gasteiger partial charge is 0.508 e. The maximum atomic E-state index is 12.7. The zero-order chi connectivity index (χ0) is 14.5. The number of piperidine rings is 1. The summed E-state index contributed by atoms with van der Waals surface area (Å²) in [5, 5.41) is 13.1. The first-order chi connectivity index (χ1) is 9.63. The molecule has 0 aromatic heterocycles. The molecule has 0 atom stereocenters. The van der Waals surface area contributed by atoms with E-state index in [1.807, 2.05) is 11.8 Å². The summed E-state index contributed by atoms with van der Waals surface area (Å²) in [5.41, 5.74) is 1.38. The molecule has 0 aliphatic carbocycles. The number of hydrogen-bond donors (Lipinski definition) is 2. The third-order valence-corrected chi connectivity index (χ3v) is 3.93. The van der Waals surface area contributed by atoms with Gasteiger partial charge in [0.15, 0.2) is 0 Å². The number of benzene rings is 1. The van der Waals surface area contributed by atoms with Gasteiger partial charge in [-0.25, -0.2) is 0 Å². The lowest BCUT2D eigenvalue weighted by atomic mass is 10.0. The van der Waals surface area contributed by atoms with Gasteiger partial charge in [-0.15, -0.1) is 0 Å². The zero-order valence-corrected chi connectivity index (χ0v) is 12.4. The molecule has 0 saturated carbocycles. The molecular formula is C16H24N2O2. The number of phenolic OH excluding ortho intramolecular Hbond substituents is 1. The lowest BCUT2D eigenvalue weighted by Gasteiger charge is -2.34. The second kappa shape index (κ2) is 6.75. The highest BCUT2D eigenvalue weighted by atomic mass is 16.3. The number of nitrogens with zero attached hydrogens (tertiary/aromatic N) is 1. The molecular weight excluding hydrogens is 252 g/mol. The van der Waals surface area contributed by atoms with Crippen LogP contribution in [0, 0.1) is 6.92 Å². The molecule has 1 heterocycles. The number of phenols is 1. The molecule has 20 heavy (non-hydrogen) atoms. The molecule has 0 radical (unpaired) electrons. The molecule has 1 aliphatic heterocycles. The Kier molecular flexibility index (Phi) is 5.01. The van der Waals surface area contributed by atoms with E-state index in [0.29, 0.717) is 11.6 Å². The van der Waals surface area contributed by atoms with Gasteiger partial charge in [-0.3, -0.25) is 4.79 Å². The Morgan fingerprint density at radius 2 is 2.10 bits per heavy atom. The maximum absolute atomic E-state index is 12.7. The summed E-state index contributed by atoms with van der Waals surface area (Å²) in [6.45, 7) is 6.64. The molecule has 2 N–H and O–H groups in total. The average molecular weight is 276 g/mol. The van der Waals surface area contributed by atoms with Crippen LogP contribution < -0.4 is 5.32 Å². The highest BCUT2D eigenvalue weighted by Gasteiger charge is 2.25. The van der Waals surface area contributed by atoms with Crippen molar-refractivity contribution >= 4 is 5.91 Å². The molecule has 4 heteroatoms. The van der Waals surface area contributed by atoms with Crippen molar-refractivity contribution in [3.8, 4) is 5.75 Å². The number of amides is 1. The van der Waals surface area contributed by atoms with Crippen LogP contribution in [0.1, 0.15) is 42.1 Å². The number of aryl methyl sites for hydroxylation is 1. The van der Waals surface area contributed by atoms with E-state index >= 15 is 0 Å². The van der Waals surface area contributed by atoms with Crippen molar-refractivity contribution in [2.75, 3.05) is 19.6 Å². The molecule has 1 amide bonds. The lowest BCUT2D eigenvalue weighted by Crippen LogP contribution is -2.46. The number of rotatable bonds is 4. The van der Waals surface area contributed by atoms with Gasteiger partial charge < -0.3 is 15.3 Å². The van der Waals surface area contributed by atoms with E-state index in [-0.39, 0.29) is 11.7 Å². The van der Waals surface area contributed by atoms with Crippen LogP contribution in [-0.2, 0) is 0 Å². The third-order valence-electron chi connectivity index (χ3n) is 3.93. The molecule has 0 unspecified atom stereocenters. The van der Waals surface area contributed by atoms with Crippen molar-refractivity contribution in [3.05, 3.63) is 29.3 Å². The summed E-state index contributed by atoms with van der Waals surface area (Å²) in [4.78, 5) is 14.7. The molecule has 1 aliphatic rings. The van der Waals surface area contributed by atoms with Crippen molar-refractivity contribution in [1.29, 1.82) is 0 Å². The molecule has 4 nitrogen and oxygen atoms in total. The van der Waals surface area contributed by atoms with Crippen LogP contribution in [0.3, 0.4) is 0 Å². The van der Waals surface area contributed by atoms with Crippen molar-refractivity contribution in [1.82, 2.24) is 10.2 Å². The first-order valence-electron chi connectivity index (χ1n) is 7.44. The van der Waals surface area contributed by atoms with Gasteiger partial charge in [0, 0.05) is 18.2 Å². The SMILES string of the molecule is CCCN(C(=O)c1ccc(C)c(O)c1)C1CCNCC1. The highest BCUT2D eigenvalue weighted by molar-refractivity contribution is 5.95. The fourth-order valence-corrected chi connectivity index (χ4v) is 2.72. The van der Waals surface area contributed by atoms with Crippen LogP contribution in [-0.4, -0.2) is 41.6 Å². The minimum Gasteiger partial charge on any atom is -0.508 e. The highest BCUT2D eigenvalue weighted by Crippen LogP contribution is 2.21. The van der Waals surface area contributed by atoms with Gasteiger partial charge in [0.25, 0.3) is 5.91 Å². The van der Waals surface area contributed by atoms with Crippen LogP contribution in [0.25, 0.3) is 0 Å². The second-order valence-corrected chi connectivity index (χ2v) is 5.48. The Morgan fingerprint density at radius 3 is 2.70 bits per heavy atom. The molecule has 110 valence electrons. The average Bonchev–Trinajstić information content (AvgIpc) is 2.48. The van der Waals surface area contributed by atoms with Gasteiger partial charge in [-0.05, 0) is 57.0 Å². The normalized spacial score (nSPS) is 16.1. The van der Waals surface area contributed by atoms with E-state index in [9.17, 15) is 9.90 Å². The predicted octanol–water partition coefficient (Wildman–Crippen LogP) is 2.30. The van der Waals surface area contributed by atoms with E-state index in [2.05, 4.69) is 12.2 Å². The minimum absolute atomic E-state index is 0.0362. The Morgan fingerprint density at radius 1 is 1.40 bits per heavy atom. The summed E-state index contributed by atoms with van der Waals surface area (Å²) in [6.07, 6.45) is 2.96. The van der Waals surface area contributed by atoms with Gasteiger partial charge in [0.2, 0.25) is 0 Å². The monoisotopic (exact) mass is 276 g/mol. The second-order valence-electron chi connectivity index (χ2n) is 5.48. The van der Waals surface area contributed by atoms with Gasteiger partial charge in [-0.2, -0.15) is 0 Å². The quantitative estimate of drug-likeness (QED) is 0.887. The summed E-state index contributed by atoms with van der Waals surface area (Å²) in [5.74, 6) is 0.228. The van der Waals surface area contributed by atoms with Crippen LogP contribution in [0.15, 0.2) is 18.2 Å². The van der Waals surface area contributed by atoms with Crippen molar-refractivity contribution < 1.29 is 9.90 Å². The predicted molar refractivity (Wildman–Crippen MR) is 80.1 cm³/mol. The smallest absolute Gasteiger partial charge is 0.254 e. The topological polar surface area (TPSA) is 52.6 Å². The van der Waals surface area contributed by atoms with Crippen LogP contribution in [0.4, 0.5) is 0 Å². The Balaban J connectivity index is 2.18. The van der Waals surface area contributed by atoms with E-state index in [4.69, 9.17) is 0 Å². The van der Waals surface area contributed by atoms with Crippen LogP contribution in [0.5, 0.6) is 5.75 Å². The van der Waals surface area contributed by atoms with Gasteiger partial charge >= 0.3 is 0 Å². The molecule has 2 rings (SSSR count). The summed E-state index contributed by atoms with van der Waals surface area (Å²) in [6, 6.07) is 5.50. The van der Waals surface area contributed by atoms with E-state index < -0.39 is 0 Å². The number of aromatic hydroxyl groups is 1. The van der Waals surface area contributed by atoms with E-state index in [0.717, 1.165) is 44.5 Å². The third kappa shape index (κ3) is 3.31. The Hall–Kier alpha value is -1.55. The number of carbonyl (C=O) groups excluding carboxylic acids is 1. The van der Waals surface area contributed by atoms with Crippen molar-refractivity contribution in [3.63, 3.8) is 0 Å². The zero-order valence-electron chi connectivity index (χ0n) is 12.4. The maximum Gasteiger partial charge on any atom is 0.254 e. The van der Waals surface area contributed by atoms with E-state index in [1.165, 1.54) is 0 Å².